The first kappa shape index (κ1) is 25.4. The fraction of sp³-hybridized carbons (Fsp3) is 0.406. The first-order valence-electron chi connectivity index (χ1n) is 13.3. The highest BCUT2D eigenvalue weighted by atomic mass is 19.1. The molecule has 194 valence electrons. The van der Waals surface area contributed by atoms with Crippen molar-refractivity contribution < 1.29 is 23.4 Å². The Balaban J connectivity index is 1.44. The maximum Gasteiger partial charge on any atom is 0.303 e. The van der Waals surface area contributed by atoms with E-state index in [-0.39, 0.29) is 47.8 Å². The van der Waals surface area contributed by atoms with Gasteiger partial charge >= 0.3 is 5.97 Å². The maximum atomic E-state index is 15.5. The molecule has 2 fully saturated rings. The zero-order chi connectivity index (χ0) is 26.2. The maximum absolute atomic E-state index is 15.5. The number of rotatable bonds is 9. The van der Waals surface area contributed by atoms with Crippen LogP contribution in [-0.2, 0) is 11.4 Å². The van der Waals surface area contributed by atoms with Crippen LogP contribution in [0, 0.1) is 23.0 Å². The molecule has 2 saturated carbocycles. The number of carbonyl (C=O) groups is 1. The molecule has 2 aliphatic carbocycles. The third kappa shape index (κ3) is 5.41. The Morgan fingerprint density at radius 3 is 2.49 bits per heavy atom. The van der Waals surface area contributed by atoms with Gasteiger partial charge in [0, 0.05) is 11.5 Å². The smallest absolute Gasteiger partial charge is 0.303 e. The summed E-state index contributed by atoms with van der Waals surface area (Å²) in [5.41, 5.74) is 4.02. The molecule has 0 bridgehead atoms. The molecular weight excluding hydrogens is 470 g/mol. The minimum absolute atomic E-state index is 0.0803. The van der Waals surface area contributed by atoms with Gasteiger partial charge in [0.25, 0.3) is 0 Å². The van der Waals surface area contributed by atoms with Crippen molar-refractivity contribution in [3.8, 4) is 16.9 Å². The summed E-state index contributed by atoms with van der Waals surface area (Å²) in [7, 11) is 0. The van der Waals surface area contributed by atoms with E-state index in [1.54, 1.807) is 24.3 Å². The number of aliphatic carboxylic acids is 1. The lowest BCUT2D eigenvalue weighted by Gasteiger charge is -2.30. The lowest BCUT2D eigenvalue weighted by Crippen LogP contribution is -2.17. The van der Waals surface area contributed by atoms with Gasteiger partial charge in [-0.05, 0) is 77.3 Å². The normalized spacial score (nSPS) is 19.5. The number of ether oxygens (including phenoxy) is 1. The Labute approximate surface area is 217 Å². The second-order valence-corrected chi connectivity index (χ2v) is 11.3. The molecule has 0 spiro atoms. The molecule has 5 rings (SSSR count). The molecule has 0 aliphatic heterocycles. The third-order valence-electron chi connectivity index (χ3n) is 8.29. The fourth-order valence-electron chi connectivity index (χ4n) is 6.12. The van der Waals surface area contributed by atoms with E-state index >= 15 is 4.39 Å². The molecule has 5 heteroatoms. The van der Waals surface area contributed by atoms with E-state index < -0.39 is 11.8 Å². The summed E-state index contributed by atoms with van der Waals surface area (Å²) < 4.78 is 36.2. The fourth-order valence-corrected chi connectivity index (χ4v) is 6.12. The van der Waals surface area contributed by atoms with E-state index in [0.717, 1.165) is 48.8 Å². The molecule has 3 aromatic rings. The average Bonchev–Trinajstić information content (AvgIpc) is 3.64. The summed E-state index contributed by atoms with van der Waals surface area (Å²) in [6.45, 7) is 4.71. The monoisotopic (exact) mass is 504 g/mol. The van der Waals surface area contributed by atoms with E-state index in [2.05, 4.69) is 19.9 Å². The second kappa shape index (κ2) is 10.3. The predicted octanol–water partition coefficient (Wildman–Crippen LogP) is 8.47. The average molecular weight is 505 g/mol. The number of carboxylic acid groups (broad SMARTS) is 1. The second-order valence-electron chi connectivity index (χ2n) is 11.3. The molecule has 3 nitrogen and oxygen atoms in total. The standard InChI is InChI=1S/C32H34F2O3/c1-32(2)16-6-9-27(32)26-17-20(12-15-22(26)23-7-3-4-10-28(23)33)19-37-29-11-5-8-24(31(29)34)25(18-30(35)36)21-13-14-21/h3-5,7-8,10-12,15,17,21,25,27H,6,9,13-14,16,18-19H2,1-2H3,(H,35,36)/t25-,27+/m1/s1. The van der Waals surface area contributed by atoms with Gasteiger partial charge in [0.05, 0.1) is 6.42 Å². The minimum Gasteiger partial charge on any atom is -0.486 e. The SMILES string of the molecule is CC1(C)CCC[C@H]1c1cc(COc2cccc([C@H](CC(=O)O)C3CC3)c2F)ccc1-c1ccccc1F. The van der Waals surface area contributed by atoms with E-state index in [0.29, 0.717) is 11.1 Å². The van der Waals surface area contributed by atoms with Crippen molar-refractivity contribution in [2.75, 3.05) is 0 Å². The highest BCUT2D eigenvalue weighted by Gasteiger charge is 2.37. The van der Waals surface area contributed by atoms with Crippen LogP contribution in [0.1, 0.15) is 80.9 Å². The van der Waals surface area contributed by atoms with Crippen LogP contribution in [0.4, 0.5) is 8.78 Å². The van der Waals surface area contributed by atoms with Crippen molar-refractivity contribution in [2.45, 2.75) is 70.8 Å². The summed E-state index contributed by atoms with van der Waals surface area (Å²) in [6, 6.07) is 17.9. The van der Waals surface area contributed by atoms with Gasteiger partial charge in [-0.15, -0.1) is 0 Å². The molecular formula is C32H34F2O3. The predicted molar refractivity (Wildman–Crippen MR) is 141 cm³/mol. The highest BCUT2D eigenvalue weighted by Crippen LogP contribution is 2.51. The van der Waals surface area contributed by atoms with Gasteiger partial charge in [0.1, 0.15) is 12.4 Å². The van der Waals surface area contributed by atoms with Crippen molar-refractivity contribution in [1.29, 1.82) is 0 Å². The summed E-state index contributed by atoms with van der Waals surface area (Å²) >= 11 is 0. The highest BCUT2D eigenvalue weighted by molar-refractivity contribution is 5.70. The van der Waals surface area contributed by atoms with Gasteiger partial charge in [0.2, 0.25) is 0 Å². The zero-order valence-electron chi connectivity index (χ0n) is 21.5. The van der Waals surface area contributed by atoms with Crippen LogP contribution in [-0.4, -0.2) is 11.1 Å². The molecule has 2 atom stereocenters. The first-order valence-corrected chi connectivity index (χ1v) is 13.3. The largest absolute Gasteiger partial charge is 0.486 e. The Morgan fingerprint density at radius 1 is 1.03 bits per heavy atom. The topological polar surface area (TPSA) is 46.5 Å². The molecule has 0 saturated heterocycles. The number of halogens is 2. The van der Waals surface area contributed by atoms with Crippen molar-refractivity contribution >= 4 is 5.97 Å². The Kier molecular flexibility index (Phi) is 7.06. The van der Waals surface area contributed by atoms with Gasteiger partial charge < -0.3 is 9.84 Å². The van der Waals surface area contributed by atoms with E-state index in [4.69, 9.17) is 4.74 Å². The summed E-state index contributed by atoms with van der Waals surface area (Å²) in [6.07, 6.45) is 5.07. The molecule has 0 radical (unpaired) electrons. The van der Waals surface area contributed by atoms with Crippen molar-refractivity contribution in [1.82, 2.24) is 0 Å². The van der Waals surface area contributed by atoms with Crippen molar-refractivity contribution in [3.63, 3.8) is 0 Å². The van der Waals surface area contributed by atoms with E-state index in [9.17, 15) is 14.3 Å². The first-order chi connectivity index (χ1) is 17.7. The van der Waals surface area contributed by atoms with Crippen LogP contribution in [0.3, 0.4) is 0 Å². The molecule has 2 aliphatic rings. The Hall–Kier alpha value is -3.21. The van der Waals surface area contributed by atoms with Crippen molar-refractivity contribution in [2.24, 2.45) is 11.3 Å². The Morgan fingerprint density at radius 2 is 1.81 bits per heavy atom. The zero-order valence-corrected chi connectivity index (χ0v) is 21.5. The van der Waals surface area contributed by atoms with Crippen LogP contribution >= 0.6 is 0 Å². The quantitative estimate of drug-likeness (QED) is 0.318. The van der Waals surface area contributed by atoms with Gasteiger partial charge in [-0.3, -0.25) is 4.79 Å². The lowest BCUT2D eigenvalue weighted by molar-refractivity contribution is -0.137. The number of carboxylic acids is 1. The molecule has 1 N–H and O–H groups in total. The molecule has 0 amide bonds. The number of hydrogen-bond donors (Lipinski definition) is 1. The number of benzene rings is 3. The van der Waals surface area contributed by atoms with Gasteiger partial charge in [-0.1, -0.05) is 68.8 Å². The van der Waals surface area contributed by atoms with E-state index in [1.165, 1.54) is 6.07 Å². The lowest BCUT2D eigenvalue weighted by atomic mass is 9.75. The molecule has 0 unspecified atom stereocenters. The number of hydrogen-bond acceptors (Lipinski definition) is 2. The van der Waals surface area contributed by atoms with Crippen LogP contribution in [0.2, 0.25) is 0 Å². The molecule has 37 heavy (non-hydrogen) atoms. The van der Waals surface area contributed by atoms with Gasteiger partial charge in [0.15, 0.2) is 11.6 Å². The van der Waals surface area contributed by atoms with Gasteiger partial charge in [-0.25, -0.2) is 8.78 Å². The minimum atomic E-state index is -0.917. The van der Waals surface area contributed by atoms with Crippen LogP contribution in [0.15, 0.2) is 60.7 Å². The van der Waals surface area contributed by atoms with Crippen LogP contribution in [0.25, 0.3) is 11.1 Å². The summed E-state index contributed by atoms with van der Waals surface area (Å²) in [4.78, 5) is 11.4. The van der Waals surface area contributed by atoms with Gasteiger partial charge in [-0.2, -0.15) is 0 Å². The summed E-state index contributed by atoms with van der Waals surface area (Å²) in [5.74, 6) is -1.33. The van der Waals surface area contributed by atoms with E-state index in [1.807, 2.05) is 24.3 Å². The molecule has 0 heterocycles. The van der Waals surface area contributed by atoms with Crippen LogP contribution in [0.5, 0.6) is 5.75 Å². The third-order valence-corrected chi connectivity index (χ3v) is 8.29. The Bertz CT molecular complexity index is 1290. The molecule has 0 aromatic heterocycles. The molecule has 3 aromatic carbocycles. The summed E-state index contributed by atoms with van der Waals surface area (Å²) in [5, 5.41) is 9.33. The van der Waals surface area contributed by atoms with Crippen molar-refractivity contribution in [3.05, 3.63) is 89.0 Å². The van der Waals surface area contributed by atoms with Crippen LogP contribution < -0.4 is 4.74 Å².